The molecule has 1 aromatic carbocycles. The summed E-state index contributed by atoms with van der Waals surface area (Å²) in [5, 5.41) is 6.23. The summed E-state index contributed by atoms with van der Waals surface area (Å²) in [6.07, 6.45) is -2.57. The minimum Gasteiger partial charge on any atom is -0.353 e. The summed E-state index contributed by atoms with van der Waals surface area (Å²) in [6.45, 7) is 5.99. The number of hydrogen-bond donors (Lipinski definition) is 1. The zero-order chi connectivity index (χ0) is 19.9. The summed E-state index contributed by atoms with van der Waals surface area (Å²) in [5.74, 6) is -0.364. The topological polar surface area (TPSA) is 50.2 Å². The van der Waals surface area contributed by atoms with E-state index in [-0.39, 0.29) is 18.5 Å². The molecule has 8 heteroatoms. The number of aromatic nitrogens is 2. The van der Waals surface area contributed by atoms with Crippen LogP contribution in [0.15, 0.2) is 42.6 Å². The van der Waals surface area contributed by atoms with Crippen LogP contribution in [0.3, 0.4) is 0 Å². The van der Waals surface area contributed by atoms with Gasteiger partial charge in [0.2, 0.25) is 5.91 Å². The lowest BCUT2D eigenvalue weighted by molar-refractivity contribution is -0.141. The first-order valence-electron chi connectivity index (χ1n) is 8.98. The van der Waals surface area contributed by atoms with Crippen molar-refractivity contribution in [1.82, 2.24) is 20.0 Å². The van der Waals surface area contributed by atoms with Crippen LogP contribution in [0.25, 0.3) is 0 Å². The number of nitrogens with zero attached hydrogens (tertiary/aromatic N) is 3. The van der Waals surface area contributed by atoms with Crippen molar-refractivity contribution in [2.45, 2.75) is 39.0 Å². The van der Waals surface area contributed by atoms with E-state index in [0.717, 1.165) is 36.5 Å². The first kappa shape index (κ1) is 21.0. The van der Waals surface area contributed by atoms with E-state index in [0.29, 0.717) is 6.54 Å². The number of benzene rings is 1. The Kier molecular flexibility index (Phi) is 7.41. The number of likely N-dealkylation sites (N-methyl/N-ethyl adjacent to an activating group) is 1. The maximum absolute atomic E-state index is 12.6. The summed E-state index contributed by atoms with van der Waals surface area (Å²) >= 11 is 0. The molecule has 1 heterocycles. The Balaban J connectivity index is 1.94. The number of amides is 1. The van der Waals surface area contributed by atoms with Crippen molar-refractivity contribution in [2.75, 3.05) is 19.6 Å². The molecule has 1 aromatic heterocycles. The number of alkyl halides is 3. The molecular formula is C19H25F3N4O. The molecule has 0 bridgehead atoms. The van der Waals surface area contributed by atoms with Crippen LogP contribution >= 0.6 is 0 Å². The average Bonchev–Trinajstić information content (AvgIpc) is 3.10. The molecule has 0 fully saturated rings. The maximum atomic E-state index is 12.6. The van der Waals surface area contributed by atoms with E-state index in [9.17, 15) is 18.0 Å². The van der Waals surface area contributed by atoms with Crippen molar-refractivity contribution in [3.05, 3.63) is 53.9 Å². The van der Waals surface area contributed by atoms with E-state index >= 15 is 0 Å². The molecule has 1 N–H and O–H groups in total. The van der Waals surface area contributed by atoms with Crippen LogP contribution in [0.5, 0.6) is 0 Å². The molecule has 0 aliphatic rings. The van der Waals surface area contributed by atoms with E-state index < -0.39 is 11.9 Å². The number of halogens is 3. The molecule has 0 saturated carbocycles. The normalized spacial score (nSPS) is 13.0. The van der Waals surface area contributed by atoms with E-state index in [1.165, 1.54) is 5.56 Å². The first-order valence-corrected chi connectivity index (χ1v) is 8.98. The van der Waals surface area contributed by atoms with Crippen LogP contribution in [0.2, 0.25) is 0 Å². The first-order chi connectivity index (χ1) is 12.8. The van der Waals surface area contributed by atoms with Gasteiger partial charge < -0.3 is 5.32 Å². The molecule has 2 aromatic rings. The third kappa shape index (κ3) is 6.39. The molecule has 1 atom stereocenters. The third-order valence-corrected chi connectivity index (χ3v) is 4.41. The molecule has 0 radical (unpaired) electrons. The summed E-state index contributed by atoms with van der Waals surface area (Å²) < 4.78 is 38.8. The lowest BCUT2D eigenvalue weighted by Gasteiger charge is -2.30. The Hall–Kier alpha value is -2.35. The van der Waals surface area contributed by atoms with Crippen LogP contribution in [0.4, 0.5) is 13.2 Å². The van der Waals surface area contributed by atoms with Crippen molar-refractivity contribution in [3.63, 3.8) is 0 Å². The Morgan fingerprint density at radius 3 is 2.41 bits per heavy atom. The van der Waals surface area contributed by atoms with Crippen LogP contribution < -0.4 is 5.32 Å². The molecular weight excluding hydrogens is 357 g/mol. The van der Waals surface area contributed by atoms with Gasteiger partial charge in [-0.3, -0.25) is 14.4 Å². The summed E-state index contributed by atoms with van der Waals surface area (Å²) in [7, 11) is 0. The fraction of sp³-hybridized carbons (Fsp3) is 0.474. The highest BCUT2D eigenvalue weighted by atomic mass is 19.4. The zero-order valence-corrected chi connectivity index (χ0v) is 15.5. The van der Waals surface area contributed by atoms with Gasteiger partial charge in [0.15, 0.2) is 5.69 Å². The van der Waals surface area contributed by atoms with Crippen LogP contribution in [-0.4, -0.2) is 46.3 Å². The number of rotatable bonds is 9. The van der Waals surface area contributed by atoms with Crippen molar-refractivity contribution < 1.29 is 18.0 Å². The van der Waals surface area contributed by atoms with Crippen LogP contribution in [0.1, 0.15) is 25.1 Å². The second kappa shape index (κ2) is 9.55. The predicted molar refractivity (Wildman–Crippen MR) is 97.1 cm³/mol. The quantitative estimate of drug-likeness (QED) is 0.726. The van der Waals surface area contributed by atoms with E-state index in [1.807, 2.05) is 30.3 Å². The van der Waals surface area contributed by atoms with Gasteiger partial charge in [-0.2, -0.15) is 18.3 Å². The largest absolute Gasteiger partial charge is 0.435 e. The Bertz CT molecular complexity index is 711. The monoisotopic (exact) mass is 382 g/mol. The highest BCUT2D eigenvalue weighted by Crippen LogP contribution is 2.27. The predicted octanol–water partition coefficient (Wildman–Crippen LogP) is 2.97. The number of hydrogen-bond acceptors (Lipinski definition) is 3. The number of nitrogens with one attached hydrogen (secondary N) is 1. The summed E-state index contributed by atoms with van der Waals surface area (Å²) in [6, 6.07) is 11.0. The van der Waals surface area contributed by atoms with Gasteiger partial charge in [-0.1, -0.05) is 44.2 Å². The average molecular weight is 382 g/mol. The lowest BCUT2D eigenvalue weighted by Crippen LogP contribution is -2.45. The molecule has 0 aliphatic heterocycles. The second-order valence-electron chi connectivity index (χ2n) is 6.27. The number of carbonyl (C=O) groups is 1. The van der Waals surface area contributed by atoms with Crippen molar-refractivity contribution in [2.24, 2.45) is 0 Å². The molecule has 27 heavy (non-hydrogen) atoms. The van der Waals surface area contributed by atoms with Gasteiger partial charge in [-0.05, 0) is 31.1 Å². The van der Waals surface area contributed by atoms with Crippen LogP contribution in [-0.2, 0) is 23.9 Å². The third-order valence-electron chi connectivity index (χ3n) is 4.41. The molecule has 1 amide bonds. The van der Waals surface area contributed by atoms with Crippen molar-refractivity contribution in [3.8, 4) is 0 Å². The van der Waals surface area contributed by atoms with Crippen molar-refractivity contribution in [1.29, 1.82) is 0 Å². The number of carbonyl (C=O) groups excluding carboxylic acids is 1. The SMILES string of the molecule is CCN(CC)C(CNC(=O)Cn1ccc(C(F)(F)F)n1)Cc1ccccc1. The standard InChI is InChI=1S/C19H25F3N4O/c1-3-25(4-2)16(12-15-8-6-5-7-9-15)13-23-18(27)14-26-11-10-17(24-26)19(20,21)22/h5-11,16H,3-4,12-14H2,1-2H3,(H,23,27). The van der Waals surface area contributed by atoms with Gasteiger partial charge in [-0.15, -0.1) is 0 Å². The van der Waals surface area contributed by atoms with Gasteiger partial charge in [-0.25, -0.2) is 0 Å². The molecule has 5 nitrogen and oxygen atoms in total. The van der Waals surface area contributed by atoms with Gasteiger partial charge in [0.25, 0.3) is 0 Å². The minimum atomic E-state index is -4.51. The second-order valence-corrected chi connectivity index (χ2v) is 6.27. The van der Waals surface area contributed by atoms with E-state index in [2.05, 4.69) is 29.2 Å². The van der Waals surface area contributed by atoms with Crippen molar-refractivity contribution >= 4 is 5.91 Å². The highest BCUT2D eigenvalue weighted by molar-refractivity contribution is 5.75. The molecule has 1 unspecified atom stereocenters. The van der Waals surface area contributed by atoms with Gasteiger partial charge >= 0.3 is 6.18 Å². The lowest BCUT2D eigenvalue weighted by atomic mass is 10.0. The minimum absolute atomic E-state index is 0.106. The van der Waals surface area contributed by atoms with Gasteiger partial charge in [0.1, 0.15) is 6.54 Å². The Morgan fingerprint density at radius 1 is 1.19 bits per heavy atom. The fourth-order valence-electron chi connectivity index (χ4n) is 2.99. The Labute approximate surface area is 157 Å². The molecule has 0 spiro atoms. The van der Waals surface area contributed by atoms with E-state index in [1.54, 1.807) is 0 Å². The molecule has 2 rings (SSSR count). The van der Waals surface area contributed by atoms with E-state index in [4.69, 9.17) is 0 Å². The Morgan fingerprint density at radius 2 is 1.85 bits per heavy atom. The molecule has 148 valence electrons. The van der Waals surface area contributed by atoms with Gasteiger partial charge in [0.05, 0.1) is 0 Å². The zero-order valence-electron chi connectivity index (χ0n) is 15.5. The summed E-state index contributed by atoms with van der Waals surface area (Å²) in [5.41, 5.74) is 0.172. The molecule has 0 saturated heterocycles. The van der Waals surface area contributed by atoms with Gasteiger partial charge in [0, 0.05) is 18.8 Å². The highest BCUT2D eigenvalue weighted by Gasteiger charge is 2.33. The maximum Gasteiger partial charge on any atom is 0.435 e. The molecule has 0 aliphatic carbocycles. The fourth-order valence-corrected chi connectivity index (χ4v) is 2.99. The van der Waals surface area contributed by atoms with Crippen LogP contribution in [0, 0.1) is 0 Å². The smallest absolute Gasteiger partial charge is 0.353 e. The summed E-state index contributed by atoms with van der Waals surface area (Å²) in [4.78, 5) is 14.4.